The van der Waals surface area contributed by atoms with Crippen molar-refractivity contribution >= 4 is 5.69 Å². The lowest BCUT2D eigenvalue weighted by Gasteiger charge is -2.24. The number of unbranched alkanes of at least 4 members (excludes halogenated alkanes) is 1. The van der Waals surface area contributed by atoms with Crippen molar-refractivity contribution in [1.82, 2.24) is 4.90 Å². The number of hydrogen-bond donors (Lipinski definition) is 1. The second-order valence-electron chi connectivity index (χ2n) is 6.60. The van der Waals surface area contributed by atoms with E-state index in [1.807, 2.05) is 20.8 Å². The molecule has 1 rings (SSSR count). The minimum absolute atomic E-state index is 0.255. The van der Waals surface area contributed by atoms with E-state index in [9.17, 15) is 9.59 Å². The maximum Gasteiger partial charge on any atom is 0.249 e. The Bertz CT molecular complexity index is 493. The Balaban J connectivity index is 2.39. The van der Waals surface area contributed by atoms with Gasteiger partial charge >= 0.3 is 0 Å². The summed E-state index contributed by atoms with van der Waals surface area (Å²) in [6.45, 7) is 11.0. The van der Waals surface area contributed by atoms with Crippen molar-refractivity contribution in [2.45, 2.75) is 52.4 Å². The molecule has 0 amide bonds. The molecule has 0 aliphatic rings. The zero-order valence-electron chi connectivity index (χ0n) is 13.5. The molecule has 0 radical (unpaired) electrons. The average Bonchev–Trinajstić information content (AvgIpc) is 2.35. The number of nitrogens with one attached hydrogen (secondary N) is 1. The molecule has 1 N–H and O–H groups in total. The van der Waals surface area contributed by atoms with E-state index in [4.69, 9.17) is 0 Å². The van der Waals surface area contributed by atoms with Crippen LogP contribution < -0.4 is 16.2 Å². The van der Waals surface area contributed by atoms with Gasteiger partial charge in [-0.25, -0.2) is 0 Å². The van der Waals surface area contributed by atoms with Gasteiger partial charge in [0.1, 0.15) is 0 Å². The topological polar surface area (TPSA) is 49.4 Å². The van der Waals surface area contributed by atoms with E-state index < -0.39 is 0 Å². The fraction of sp³-hybridized carbons (Fsp3) is 0.750. The predicted octanol–water partition coefficient (Wildman–Crippen LogP) is 2.11. The van der Waals surface area contributed by atoms with Crippen LogP contribution in [0.1, 0.15) is 52.5 Å². The zero-order valence-corrected chi connectivity index (χ0v) is 13.5. The summed E-state index contributed by atoms with van der Waals surface area (Å²) in [5, 5.41) is 3.15. The monoisotopic (exact) mass is 280 g/mol. The van der Waals surface area contributed by atoms with Crippen LogP contribution in [0.4, 0.5) is 5.69 Å². The van der Waals surface area contributed by atoms with Crippen molar-refractivity contribution in [3.8, 4) is 0 Å². The molecule has 4 heteroatoms. The SMILES string of the molecule is CCCN(C)CCCCNc1c(C(C)(C)C)c(=O)c1=O. The van der Waals surface area contributed by atoms with Gasteiger partial charge in [0.25, 0.3) is 0 Å². The molecule has 0 fully saturated rings. The molecule has 0 heterocycles. The van der Waals surface area contributed by atoms with Crippen LogP contribution >= 0.6 is 0 Å². The molecule has 0 atom stereocenters. The lowest BCUT2D eigenvalue weighted by Crippen LogP contribution is -2.43. The molecule has 0 aliphatic heterocycles. The van der Waals surface area contributed by atoms with Crippen molar-refractivity contribution < 1.29 is 0 Å². The van der Waals surface area contributed by atoms with Crippen LogP contribution in [0, 0.1) is 0 Å². The van der Waals surface area contributed by atoms with Gasteiger partial charge < -0.3 is 10.2 Å². The van der Waals surface area contributed by atoms with Crippen molar-refractivity contribution in [3.05, 3.63) is 26.0 Å². The Hall–Kier alpha value is -1.16. The highest BCUT2D eigenvalue weighted by Gasteiger charge is 2.29. The summed E-state index contributed by atoms with van der Waals surface area (Å²) in [7, 11) is 2.13. The van der Waals surface area contributed by atoms with Gasteiger partial charge in [0.05, 0.1) is 5.69 Å². The number of anilines is 1. The van der Waals surface area contributed by atoms with Gasteiger partial charge in [-0.2, -0.15) is 0 Å². The van der Waals surface area contributed by atoms with E-state index in [-0.39, 0.29) is 16.3 Å². The molecule has 0 aromatic heterocycles. The second kappa shape index (κ2) is 7.02. The van der Waals surface area contributed by atoms with Crippen LogP contribution in [0.2, 0.25) is 0 Å². The minimum atomic E-state index is -0.349. The lowest BCUT2D eigenvalue weighted by molar-refractivity contribution is 0.328. The third kappa shape index (κ3) is 4.17. The average molecular weight is 280 g/mol. The van der Waals surface area contributed by atoms with Crippen molar-refractivity contribution in [3.63, 3.8) is 0 Å². The smallest absolute Gasteiger partial charge is 0.249 e. The van der Waals surface area contributed by atoms with E-state index >= 15 is 0 Å². The fourth-order valence-corrected chi connectivity index (χ4v) is 2.49. The molecule has 0 aliphatic carbocycles. The number of hydrogen-bond acceptors (Lipinski definition) is 4. The van der Waals surface area contributed by atoms with Crippen LogP contribution in [-0.2, 0) is 5.41 Å². The van der Waals surface area contributed by atoms with Gasteiger partial charge in [0, 0.05) is 12.1 Å². The first-order chi connectivity index (χ1) is 9.29. The standard InChI is InChI=1S/C16H28N2O2/c1-6-10-18(5)11-8-7-9-17-13-12(16(2,3)4)14(19)15(13)20/h17H,6-11H2,1-5H3. The molecule has 20 heavy (non-hydrogen) atoms. The Kier molecular flexibility index (Phi) is 5.93. The number of nitrogens with zero attached hydrogens (tertiary/aromatic N) is 1. The maximum absolute atomic E-state index is 11.6. The first kappa shape index (κ1) is 16.9. The first-order valence-electron chi connectivity index (χ1n) is 7.55. The Morgan fingerprint density at radius 3 is 2.25 bits per heavy atom. The van der Waals surface area contributed by atoms with Gasteiger partial charge in [-0.05, 0) is 44.8 Å². The Labute approximate surface area is 121 Å². The maximum atomic E-state index is 11.6. The van der Waals surface area contributed by atoms with Gasteiger partial charge in [-0.3, -0.25) is 9.59 Å². The lowest BCUT2D eigenvalue weighted by atomic mass is 9.82. The third-order valence-corrected chi connectivity index (χ3v) is 3.53. The van der Waals surface area contributed by atoms with Crippen LogP contribution in [-0.4, -0.2) is 31.6 Å². The predicted molar refractivity (Wildman–Crippen MR) is 85.6 cm³/mol. The quantitative estimate of drug-likeness (QED) is 0.585. The molecule has 1 aromatic rings. The molecular weight excluding hydrogens is 252 g/mol. The van der Waals surface area contributed by atoms with Gasteiger partial charge in [0.15, 0.2) is 0 Å². The number of rotatable bonds is 8. The van der Waals surface area contributed by atoms with Gasteiger partial charge in [0.2, 0.25) is 10.9 Å². The summed E-state index contributed by atoms with van der Waals surface area (Å²) < 4.78 is 0. The molecule has 1 aromatic carbocycles. The van der Waals surface area contributed by atoms with Gasteiger partial charge in [-0.1, -0.05) is 27.7 Å². The van der Waals surface area contributed by atoms with E-state index in [1.165, 1.54) is 6.42 Å². The first-order valence-corrected chi connectivity index (χ1v) is 7.55. The van der Waals surface area contributed by atoms with Gasteiger partial charge in [-0.15, -0.1) is 0 Å². The molecule has 0 saturated carbocycles. The summed E-state index contributed by atoms with van der Waals surface area (Å²) in [6, 6.07) is 0. The van der Waals surface area contributed by atoms with Crippen LogP contribution in [0.25, 0.3) is 0 Å². The van der Waals surface area contributed by atoms with Crippen molar-refractivity contribution in [2.24, 2.45) is 0 Å². The largest absolute Gasteiger partial charge is 0.381 e. The minimum Gasteiger partial charge on any atom is -0.381 e. The normalized spacial score (nSPS) is 12.3. The summed E-state index contributed by atoms with van der Waals surface area (Å²) in [5.74, 6) is 0. The van der Waals surface area contributed by atoms with E-state index in [2.05, 4.69) is 24.2 Å². The van der Waals surface area contributed by atoms with E-state index in [0.29, 0.717) is 11.3 Å². The van der Waals surface area contributed by atoms with Crippen molar-refractivity contribution in [2.75, 3.05) is 32.0 Å². The molecule has 0 saturated heterocycles. The fourth-order valence-electron chi connectivity index (χ4n) is 2.49. The van der Waals surface area contributed by atoms with E-state index in [0.717, 1.165) is 32.5 Å². The highest BCUT2D eigenvalue weighted by molar-refractivity contribution is 5.59. The zero-order chi connectivity index (χ0) is 15.3. The molecular formula is C16H28N2O2. The van der Waals surface area contributed by atoms with Crippen LogP contribution in [0.15, 0.2) is 9.59 Å². The summed E-state index contributed by atoms with van der Waals surface area (Å²) >= 11 is 0. The summed E-state index contributed by atoms with van der Waals surface area (Å²) in [4.78, 5) is 25.5. The second-order valence-corrected chi connectivity index (χ2v) is 6.60. The molecule has 0 spiro atoms. The highest BCUT2D eigenvalue weighted by atomic mass is 16.2. The summed E-state index contributed by atoms with van der Waals surface area (Å²) in [6.07, 6.45) is 3.29. The van der Waals surface area contributed by atoms with Crippen molar-refractivity contribution in [1.29, 1.82) is 0 Å². The summed E-state index contributed by atoms with van der Waals surface area (Å²) in [5.41, 5.74) is 0.282. The molecule has 4 nitrogen and oxygen atoms in total. The van der Waals surface area contributed by atoms with Crippen LogP contribution in [0.5, 0.6) is 0 Å². The third-order valence-electron chi connectivity index (χ3n) is 3.53. The molecule has 0 unspecified atom stereocenters. The Morgan fingerprint density at radius 1 is 1.05 bits per heavy atom. The Morgan fingerprint density at radius 2 is 1.70 bits per heavy atom. The van der Waals surface area contributed by atoms with E-state index in [1.54, 1.807) is 0 Å². The molecule has 0 bridgehead atoms. The molecule has 114 valence electrons. The highest BCUT2D eigenvalue weighted by Crippen LogP contribution is 2.25. The van der Waals surface area contributed by atoms with Crippen LogP contribution in [0.3, 0.4) is 0 Å².